The fourth-order valence-electron chi connectivity index (χ4n) is 0.786. The Balaban J connectivity index is 2.15. The smallest absolute Gasteiger partial charge is 0.255 e. The molecule has 0 aliphatic carbocycles. The van der Waals surface area contributed by atoms with Gasteiger partial charge >= 0.3 is 0 Å². The van der Waals surface area contributed by atoms with Crippen molar-refractivity contribution in [1.82, 2.24) is 10.3 Å². The Labute approximate surface area is 76.9 Å². The van der Waals surface area contributed by atoms with Crippen molar-refractivity contribution in [2.45, 2.75) is 19.1 Å². The van der Waals surface area contributed by atoms with Gasteiger partial charge in [0.1, 0.15) is 6.26 Å². The number of aromatic nitrogens is 1. The summed E-state index contributed by atoms with van der Waals surface area (Å²) in [6, 6.07) is 0. The number of nitrogens with one attached hydrogen (secondary N) is 1. The van der Waals surface area contributed by atoms with Crippen molar-refractivity contribution < 1.29 is 4.42 Å². The largest absolute Gasteiger partial charge is 0.440 e. The third-order valence-electron chi connectivity index (χ3n) is 1.35. The summed E-state index contributed by atoms with van der Waals surface area (Å²) < 4.78 is 5.17. The third-order valence-corrected chi connectivity index (χ3v) is 2.20. The molecule has 0 amide bonds. The van der Waals surface area contributed by atoms with Gasteiger partial charge < -0.3 is 9.73 Å². The summed E-state index contributed by atoms with van der Waals surface area (Å²) >= 11 is 1.64. The number of oxazole rings is 1. The Hall–Kier alpha value is -0.480. The zero-order valence-corrected chi connectivity index (χ0v) is 8.28. The molecule has 0 saturated carbocycles. The highest BCUT2D eigenvalue weighted by Gasteiger charge is 1.99. The molecule has 1 aromatic heterocycles. The van der Waals surface area contributed by atoms with E-state index in [1.165, 1.54) is 0 Å². The van der Waals surface area contributed by atoms with Crippen molar-refractivity contribution >= 4 is 11.8 Å². The molecule has 0 atom stereocenters. The van der Waals surface area contributed by atoms with E-state index in [1.54, 1.807) is 18.0 Å². The maximum Gasteiger partial charge on any atom is 0.255 e. The van der Waals surface area contributed by atoms with Crippen LogP contribution in [0.2, 0.25) is 0 Å². The summed E-state index contributed by atoms with van der Waals surface area (Å²) in [6.07, 6.45) is 1.68. The molecule has 0 aliphatic heterocycles. The van der Waals surface area contributed by atoms with E-state index in [0.29, 0.717) is 0 Å². The molecule has 1 aromatic rings. The van der Waals surface area contributed by atoms with Crippen LogP contribution in [0.25, 0.3) is 0 Å². The molecule has 1 N–H and O–H groups in total. The quantitative estimate of drug-likeness (QED) is 0.561. The highest BCUT2D eigenvalue weighted by Crippen LogP contribution is 2.15. The molecule has 0 aliphatic rings. The molecule has 0 saturated heterocycles. The highest BCUT2D eigenvalue weighted by molar-refractivity contribution is 7.99. The summed E-state index contributed by atoms with van der Waals surface area (Å²) in [7, 11) is 0. The van der Waals surface area contributed by atoms with Gasteiger partial charge in [0.05, 0.1) is 5.69 Å². The van der Waals surface area contributed by atoms with E-state index in [-0.39, 0.29) is 0 Å². The average Bonchev–Trinajstić information content (AvgIpc) is 2.45. The Morgan fingerprint density at radius 3 is 3.08 bits per heavy atom. The van der Waals surface area contributed by atoms with Gasteiger partial charge in [-0.05, 0) is 13.5 Å². The van der Waals surface area contributed by atoms with E-state index in [0.717, 1.165) is 29.8 Å². The van der Waals surface area contributed by atoms with Crippen LogP contribution >= 0.6 is 11.8 Å². The molecule has 68 valence electrons. The van der Waals surface area contributed by atoms with Crippen LogP contribution in [0, 0.1) is 6.92 Å². The van der Waals surface area contributed by atoms with Gasteiger partial charge in [-0.1, -0.05) is 18.7 Å². The second-order valence-electron chi connectivity index (χ2n) is 2.46. The minimum atomic E-state index is 0.769. The Bertz CT molecular complexity index is 225. The molecule has 0 aromatic carbocycles. The standard InChI is InChI=1S/C8H14N2OS/c1-3-9-4-5-12-8-10-7(2)6-11-8/h6,9H,3-5H2,1-2H3. The van der Waals surface area contributed by atoms with Crippen LogP contribution in [0.5, 0.6) is 0 Å². The van der Waals surface area contributed by atoms with Gasteiger partial charge in [-0.25, -0.2) is 4.98 Å². The van der Waals surface area contributed by atoms with E-state index < -0.39 is 0 Å². The molecule has 1 rings (SSSR count). The van der Waals surface area contributed by atoms with Gasteiger partial charge in [-0.15, -0.1) is 0 Å². The molecule has 4 heteroatoms. The van der Waals surface area contributed by atoms with Crippen molar-refractivity contribution in [3.05, 3.63) is 12.0 Å². The number of aryl methyl sites for hydroxylation is 1. The van der Waals surface area contributed by atoms with Crippen molar-refractivity contribution in [2.75, 3.05) is 18.8 Å². The van der Waals surface area contributed by atoms with Crippen molar-refractivity contribution in [2.24, 2.45) is 0 Å². The monoisotopic (exact) mass is 186 g/mol. The first kappa shape index (κ1) is 9.61. The maximum absolute atomic E-state index is 5.17. The van der Waals surface area contributed by atoms with E-state index in [2.05, 4.69) is 17.2 Å². The van der Waals surface area contributed by atoms with Gasteiger partial charge in [0.25, 0.3) is 5.22 Å². The summed E-state index contributed by atoms with van der Waals surface area (Å²) in [5.74, 6) is 1.01. The minimum Gasteiger partial charge on any atom is -0.440 e. The van der Waals surface area contributed by atoms with Crippen LogP contribution in [0.3, 0.4) is 0 Å². The first-order chi connectivity index (χ1) is 5.83. The normalized spacial score (nSPS) is 10.5. The van der Waals surface area contributed by atoms with E-state index in [1.807, 2.05) is 6.92 Å². The summed E-state index contributed by atoms with van der Waals surface area (Å²) in [5, 5.41) is 4.00. The summed E-state index contributed by atoms with van der Waals surface area (Å²) in [6.45, 7) is 6.05. The molecular weight excluding hydrogens is 172 g/mol. The fourth-order valence-corrected chi connectivity index (χ4v) is 1.53. The van der Waals surface area contributed by atoms with E-state index >= 15 is 0 Å². The van der Waals surface area contributed by atoms with Gasteiger partial charge in [0.15, 0.2) is 0 Å². The van der Waals surface area contributed by atoms with Crippen molar-refractivity contribution in [1.29, 1.82) is 0 Å². The predicted molar refractivity (Wildman–Crippen MR) is 50.5 cm³/mol. The van der Waals surface area contributed by atoms with Crippen LogP contribution in [-0.4, -0.2) is 23.8 Å². The lowest BCUT2D eigenvalue weighted by Gasteiger charge is -1.97. The maximum atomic E-state index is 5.17. The van der Waals surface area contributed by atoms with E-state index in [4.69, 9.17) is 4.42 Å². The van der Waals surface area contributed by atoms with Crippen LogP contribution in [0.15, 0.2) is 15.9 Å². The average molecular weight is 186 g/mol. The van der Waals surface area contributed by atoms with Crippen LogP contribution in [-0.2, 0) is 0 Å². The Morgan fingerprint density at radius 1 is 1.67 bits per heavy atom. The predicted octanol–water partition coefficient (Wildman–Crippen LogP) is 1.68. The third kappa shape index (κ3) is 3.28. The molecule has 12 heavy (non-hydrogen) atoms. The lowest BCUT2D eigenvalue weighted by molar-refractivity contribution is 0.454. The molecule has 3 nitrogen and oxygen atoms in total. The first-order valence-electron chi connectivity index (χ1n) is 4.08. The van der Waals surface area contributed by atoms with Crippen LogP contribution in [0.4, 0.5) is 0 Å². The lowest BCUT2D eigenvalue weighted by Crippen LogP contribution is -2.15. The number of hydrogen-bond donors (Lipinski definition) is 1. The fraction of sp³-hybridized carbons (Fsp3) is 0.625. The minimum absolute atomic E-state index is 0.769. The SMILES string of the molecule is CCNCCSc1nc(C)co1. The molecule has 0 spiro atoms. The number of rotatable bonds is 5. The molecule has 0 fully saturated rings. The van der Waals surface area contributed by atoms with Crippen molar-refractivity contribution in [3.8, 4) is 0 Å². The van der Waals surface area contributed by atoms with Crippen molar-refractivity contribution in [3.63, 3.8) is 0 Å². The summed E-state index contributed by atoms with van der Waals surface area (Å²) in [4.78, 5) is 4.18. The number of thioether (sulfide) groups is 1. The molecule has 0 unspecified atom stereocenters. The zero-order chi connectivity index (χ0) is 8.81. The summed E-state index contributed by atoms with van der Waals surface area (Å²) in [5.41, 5.74) is 0.945. The Kier molecular flexibility index (Phi) is 4.18. The van der Waals surface area contributed by atoms with Gasteiger partial charge in [0, 0.05) is 12.3 Å². The first-order valence-corrected chi connectivity index (χ1v) is 5.07. The topological polar surface area (TPSA) is 38.1 Å². The molecular formula is C8H14N2OS. The highest BCUT2D eigenvalue weighted by atomic mass is 32.2. The number of nitrogens with zero attached hydrogens (tertiary/aromatic N) is 1. The van der Waals surface area contributed by atoms with Gasteiger partial charge in [-0.3, -0.25) is 0 Å². The zero-order valence-electron chi connectivity index (χ0n) is 7.46. The van der Waals surface area contributed by atoms with E-state index in [9.17, 15) is 0 Å². The molecule has 0 bridgehead atoms. The molecule has 1 heterocycles. The van der Waals surface area contributed by atoms with Gasteiger partial charge in [-0.2, -0.15) is 0 Å². The Morgan fingerprint density at radius 2 is 2.50 bits per heavy atom. The van der Waals surface area contributed by atoms with Crippen LogP contribution < -0.4 is 5.32 Å². The second kappa shape index (κ2) is 5.22. The number of hydrogen-bond acceptors (Lipinski definition) is 4. The second-order valence-corrected chi connectivity index (χ2v) is 3.50. The lowest BCUT2D eigenvalue weighted by atomic mass is 10.6. The van der Waals surface area contributed by atoms with Gasteiger partial charge in [0.2, 0.25) is 0 Å². The molecule has 0 radical (unpaired) electrons. The van der Waals surface area contributed by atoms with Crippen LogP contribution in [0.1, 0.15) is 12.6 Å².